The van der Waals surface area contributed by atoms with Crippen LogP contribution in [0.3, 0.4) is 0 Å². The second-order valence-corrected chi connectivity index (χ2v) is 5.09. The zero-order valence-corrected chi connectivity index (χ0v) is 14.2. The lowest BCUT2D eigenvalue weighted by Crippen LogP contribution is -2.21. The molecule has 7 heteroatoms. The molecular weight excluding hydrogens is 304 g/mol. The van der Waals surface area contributed by atoms with Crippen LogP contribution < -0.4 is 21.1 Å². The van der Waals surface area contributed by atoms with E-state index in [0.29, 0.717) is 23.6 Å². The Hall–Kier alpha value is -3.01. The van der Waals surface area contributed by atoms with E-state index in [1.807, 2.05) is 31.2 Å². The second kappa shape index (κ2) is 7.51. The summed E-state index contributed by atoms with van der Waals surface area (Å²) in [5, 5.41) is 9.39. The first kappa shape index (κ1) is 17.3. The first-order valence-electron chi connectivity index (χ1n) is 7.90. The molecular formula is C17H22N6O. The van der Waals surface area contributed by atoms with Crippen LogP contribution in [0.5, 0.6) is 5.75 Å². The summed E-state index contributed by atoms with van der Waals surface area (Å²) in [6.45, 7) is 8.36. The maximum atomic E-state index is 9.39. The van der Waals surface area contributed by atoms with Gasteiger partial charge in [-0.1, -0.05) is 0 Å². The average Bonchev–Trinajstić information content (AvgIpc) is 2.56. The molecule has 0 fully saturated rings. The van der Waals surface area contributed by atoms with E-state index in [0.717, 1.165) is 18.8 Å². The zero-order chi connectivity index (χ0) is 17.7. The first-order chi connectivity index (χ1) is 11.5. The van der Waals surface area contributed by atoms with E-state index in [1.54, 1.807) is 0 Å². The molecule has 1 heterocycles. The number of anilines is 3. The quantitative estimate of drug-likeness (QED) is 0.837. The van der Waals surface area contributed by atoms with Gasteiger partial charge in [0.05, 0.1) is 12.3 Å². The molecule has 0 amide bonds. The molecule has 0 aliphatic rings. The summed E-state index contributed by atoms with van der Waals surface area (Å²) >= 11 is 0. The Morgan fingerprint density at radius 1 is 1.17 bits per heavy atom. The number of nitrogen functional groups attached to an aromatic ring is 2. The van der Waals surface area contributed by atoms with Crippen molar-refractivity contribution in [3.63, 3.8) is 0 Å². The summed E-state index contributed by atoms with van der Waals surface area (Å²) in [5.74, 6) is 0.725. The molecule has 1 aromatic carbocycles. The molecule has 1 aromatic heterocycles. The van der Waals surface area contributed by atoms with Crippen molar-refractivity contribution in [3.05, 3.63) is 23.8 Å². The summed E-state index contributed by atoms with van der Waals surface area (Å²) in [5.41, 5.74) is 13.8. The van der Waals surface area contributed by atoms with Gasteiger partial charge in [0.15, 0.2) is 0 Å². The maximum Gasteiger partial charge on any atom is 0.222 e. The third-order valence-electron chi connectivity index (χ3n) is 3.71. The van der Waals surface area contributed by atoms with Crippen LogP contribution in [-0.2, 0) is 0 Å². The number of benzene rings is 1. The van der Waals surface area contributed by atoms with Crippen LogP contribution in [0.1, 0.15) is 26.3 Å². The summed E-state index contributed by atoms with van der Waals surface area (Å²) in [7, 11) is 0. The Morgan fingerprint density at radius 2 is 1.88 bits per heavy atom. The number of aromatic nitrogens is 2. The standard InChI is InChI=1S/C17H22N6O/c1-4-23(5-2)11-7-8-12(14(9-11)24-6-3)15-13(10-18)16(19)22-17(20)21-15/h7-9H,4-6H2,1-3H3,(H4,19,20,21,22). The minimum absolute atomic E-state index is 0.0248. The van der Waals surface area contributed by atoms with Gasteiger partial charge >= 0.3 is 0 Å². The highest BCUT2D eigenvalue weighted by atomic mass is 16.5. The maximum absolute atomic E-state index is 9.39. The Morgan fingerprint density at radius 3 is 2.46 bits per heavy atom. The number of rotatable bonds is 6. The van der Waals surface area contributed by atoms with Gasteiger partial charge in [0, 0.05) is 30.4 Å². The second-order valence-electron chi connectivity index (χ2n) is 5.09. The molecule has 7 nitrogen and oxygen atoms in total. The Kier molecular flexibility index (Phi) is 5.42. The lowest BCUT2D eigenvalue weighted by Gasteiger charge is -2.22. The minimum Gasteiger partial charge on any atom is -0.493 e. The molecule has 0 saturated heterocycles. The van der Waals surface area contributed by atoms with Gasteiger partial charge in [0.25, 0.3) is 0 Å². The SMILES string of the molecule is CCOc1cc(N(CC)CC)ccc1-c1nc(N)nc(N)c1C#N. The highest BCUT2D eigenvalue weighted by Gasteiger charge is 2.18. The number of ether oxygens (including phenoxy) is 1. The Bertz CT molecular complexity index is 764. The van der Waals surface area contributed by atoms with Crippen LogP contribution in [0.2, 0.25) is 0 Å². The molecule has 0 atom stereocenters. The van der Waals surface area contributed by atoms with E-state index in [9.17, 15) is 5.26 Å². The van der Waals surface area contributed by atoms with Crippen LogP contribution in [-0.4, -0.2) is 29.7 Å². The molecule has 0 spiro atoms. The molecule has 2 aromatic rings. The molecule has 0 aliphatic carbocycles. The van der Waals surface area contributed by atoms with Crippen molar-refractivity contribution in [1.29, 1.82) is 5.26 Å². The van der Waals surface area contributed by atoms with Crippen molar-refractivity contribution >= 4 is 17.5 Å². The van der Waals surface area contributed by atoms with Crippen LogP contribution in [0.25, 0.3) is 11.3 Å². The van der Waals surface area contributed by atoms with Gasteiger partial charge in [-0.25, -0.2) is 4.98 Å². The van der Waals surface area contributed by atoms with Crippen molar-refractivity contribution in [2.45, 2.75) is 20.8 Å². The average molecular weight is 326 g/mol. The normalized spacial score (nSPS) is 10.2. The van der Waals surface area contributed by atoms with Crippen LogP contribution in [0.15, 0.2) is 18.2 Å². The molecule has 2 rings (SSSR count). The summed E-state index contributed by atoms with van der Waals surface area (Å²) in [6.07, 6.45) is 0. The van der Waals surface area contributed by atoms with Gasteiger partial charge in [-0.05, 0) is 32.9 Å². The van der Waals surface area contributed by atoms with Crippen molar-refractivity contribution in [2.75, 3.05) is 36.1 Å². The topological polar surface area (TPSA) is 114 Å². The van der Waals surface area contributed by atoms with Gasteiger partial charge in [0.2, 0.25) is 5.95 Å². The fourth-order valence-electron chi connectivity index (χ4n) is 2.57. The number of nitrogens with two attached hydrogens (primary N) is 2. The predicted octanol–water partition coefficient (Wildman–Crippen LogP) is 2.42. The monoisotopic (exact) mass is 326 g/mol. The smallest absolute Gasteiger partial charge is 0.222 e. The predicted molar refractivity (Wildman–Crippen MR) is 95.7 cm³/mol. The van der Waals surface area contributed by atoms with Gasteiger partial charge in [-0.15, -0.1) is 0 Å². The van der Waals surface area contributed by atoms with Gasteiger partial charge in [-0.2, -0.15) is 10.2 Å². The van der Waals surface area contributed by atoms with Crippen LogP contribution in [0.4, 0.5) is 17.5 Å². The van der Waals surface area contributed by atoms with Gasteiger partial charge in [-0.3, -0.25) is 0 Å². The molecule has 0 aliphatic heterocycles. The van der Waals surface area contributed by atoms with E-state index in [-0.39, 0.29) is 17.3 Å². The van der Waals surface area contributed by atoms with Crippen molar-refractivity contribution < 1.29 is 4.74 Å². The third kappa shape index (κ3) is 3.33. The molecule has 24 heavy (non-hydrogen) atoms. The summed E-state index contributed by atoms with van der Waals surface area (Å²) in [6, 6.07) is 7.84. The van der Waals surface area contributed by atoms with Crippen LogP contribution in [0, 0.1) is 11.3 Å². The number of nitriles is 1. The Labute approximate surface area is 141 Å². The zero-order valence-electron chi connectivity index (χ0n) is 14.2. The van der Waals surface area contributed by atoms with Gasteiger partial charge < -0.3 is 21.1 Å². The van der Waals surface area contributed by atoms with Crippen molar-refractivity contribution in [3.8, 4) is 23.1 Å². The highest BCUT2D eigenvalue weighted by molar-refractivity contribution is 5.79. The highest BCUT2D eigenvalue weighted by Crippen LogP contribution is 2.36. The number of hydrogen-bond acceptors (Lipinski definition) is 7. The molecule has 0 saturated carbocycles. The van der Waals surface area contributed by atoms with E-state index in [2.05, 4.69) is 28.7 Å². The molecule has 126 valence electrons. The summed E-state index contributed by atoms with van der Waals surface area (Å²) in [4.78, 5) is 10.3. The fraction of sp³-hybridized carbons (Fsp3) is 0.353. The lowest BCUT2D eigenvalue weighted by atomic mass is 10.0. The van der Waals surface area contributed by atoms with E-state index in [1.165, 1.54) is 0 Å². The van der Waals surface area contributed by atoms with Crippen LogP contribution >= 0.6 is 0 Å². The lowest BCUT2D eigenvalue weighted by molar-refractivity contribution is 0.341. The fourth-order valence-corrected chi connectivity index (χ4v) is 2.57. The molecule has 4 N–H and O–H groups in total. The van der Waals surface area contributed by atoms with Crippen molar-refractivity contribution in [1.82, 2.24) is 9.97 Å². The van der Waals surface area contributed by atoms with Crippen molar-refractivity contribution in [2.24, 2.45) is 0 Å². The first-order valence-corrected chi connectivity index (χ1v) is 7.90. The van der Waals surface area contributed by atoms with E-state index < -0.39 is 0 Å². The van der Waals surface area contributed by atoms with E-state index in [4.69, 9.17) is 16.2 Å². The number of hydrogen-bond donors (Lipinski definition) is 2. The molecule has 0 bridgehead atoms. The molecule has 0 radical (unpaired) electrons. The number of nitrogens with zero attached hydrogens (tertiary/aromatic N) is 4. The minimum atomic E-state index is 0.0248. The Balaban J connectivity index is 2.65. The third-order valence-corrected chi connectivity index (χ3v) is 3.71. The largest absolute Gasteiger partial charge is 0.493 e. The summed E-state index contributed by atoms with van der Waals surface area (Å²) < 4.78 is 5.77. The molecule has 0 unspecified atom stereocenters. The van der Waals surface area contributed by atoms with Gasteiger partial charge in [0.1, 0.15) is 23.2 Å². The van der Waals surface area contributed by atoms with E-state index >= 15 is 0 Å².